The zero-order chi connectivity index (χ0) is 15.7. The van der Waals surface area contributed by atoms with Gasteiger partial charge >= 0.3 is 6.09 Å². The molecule has 0 radical (unpaired) electrons. The molecule has 0 N–H and O–H groups in total. The fraction of sp³-hybridized carbons (Fsp3) is 0.353. The highest BCUT2D eigenvalue weighted by Gasteiger charge is 2.37. The highest BCUT2D eigenvalue weighted by atomic mass is 16.6. The number of hydrogen-bond donors (Lipinski definition) is 0. The first kappa shape index (κ1) is 14.5. The van der Waals surface area contributed by atoms with Gasteiger partial charge in [0, 0.05) is 0 Å². The first-order valence-corrected chi connectivity index (χ1v) is 7.23. The molecule has 0 saturated heterocycles. The van der Waals surface area contributed by atoms with Gasteiger partial charge in [0.05, 0.1) is 12.0 Å². The lowest BCUT2D eigenvalue weighted by Gasteiger charge is -2.36. The molecule has 2 aromatic rings. The minimum Gasteiger partial charge on any atom is -0.489 e. The maximum absolute atomic E-state index is 12.7. The first-order chi connectivity index (χ1) is 10.5. The molecule has 0 fully saturated rings. The summed E-state index contributed by atoms with van der Waals surface area (Å²) < 4.78 is 16.8. The summed E-state index contributed by atoms with van der Waals surface area (Å²) in [6, 6.07) is 10.7. The SMILES string of the molecule is CC(C)(C)OC(=O)N1c2ccccc2OC[C@H]1c1ccco1. The highest BCUT2D eigenvalue weighted by molar-refractivity contribution is 5.91. The van der Waals surface area contributed by atoms with Gasteiger partial charge in [-0.2, -0.15) is 0 Å². The number of para-hydroxylation sites is 2. The number of furan rings is 1. The summed E-state index contributed by atoms with van der Waals surface area (Å²) in [5.41, 5.74) is 0.113. The van der Waals surface area contributed by atoms with E-state index in [4.69, 9.17) is 13.9 Å². The van der Waals surface area contributed by atoms with E-state index in [1.54, 1.807) is 17.2 Å². The highest BCUT2D eigenvalue weighted by Crippen LogP contribution is 2.40. The van der Waals surface area contributed by atoms with Gasteiger partial charge in [-0.25, -0.2) is 4.79 Å². The molecule has 1 aromatic carbocycles. The van der Waals surface area contributed by atoms with Gasteiger partial charge in [0.15, 0.2) is 0 Å². The second-order valence-electron chi connectivity index (χ2n) is 6.16. The number of carbonyl (C=O) groups is 1. The number of nitrogens with zero attached hydrogens (tertiary/aromatic N) is 1. The van der Waals surface area contributed by atoms with Crippen molar-refractivity contribution in [2.24, 2.45) is 0 Å². The van der Waals surface area contributed by atoms with Crippen molar-refractivity contribution in [2.75, 3.05) is 11.5 Å². The Balaban J connectivity index is 2.00. The number of benzene rings is 1. The van der Waals surface area contributed by atoms with Crippen molar-refractivity contribution < 1.29 is 18.7 Å². The number of amides is 1. The molecule has 5 heteroatoms. The van der Waals surface area contributed by atoms with Gasteiger partial charge in [-0.1, -0.05) is 12.1 Å². The van der Waals surface area contributed by atoms with Gasteiger partial charge in [0.2, 0.25) is 0 Å². The van der Waals surface area contributed by atoms with Crippen LogP contribution in [-0.2, 0) is 4.74 Å². The number of rotatable bonds is 1. The maximum Gasteiger partial charge on any atom is 0.415 e. The zero-order valence-corrected chi connectivity index (χ0v) is 12.9. The Bertz CT molecular complexity index is 658. The minimum absolute atomic E-state index is 0.323. The Labute approximate surface area is 129 Å². The van der Waals surface area contributed by atoms with Crippen LogP contribution in [0.5, 0.6) is 5.75 Å². The lowest BCUT2D eigenvalue weighted by Crippen LogP contribution is -2.43. The van der Waals surface area contributed by atoms with Crippen molar-refractivity contribution in [1.29, 1.82) is 0 Å². The minimum atomic E-state index is -0.571. The van der Waals surface area contributed by atoms with E-state index in [9.17, 15) is 4.79 Å². The third kappa shape index (κ3) is 2.79. The molecule has 1 amide bonds. The Morgan fingerprint density at radius 1 is 1.23 bits per heavy atom. The van der Waals surface area contributed by atoms with Crippen LogP contribution in [0.25, 0.3) is 0 Å². The fourth-order valence-electron chi connectivity index (χ4n) is 2.42. The summed E-state index contributed by atoms with van der Waals surface area (Å²) in [7, 11) is 0. The van der Waals surface area contributed by atoms with Gasteiger partial charge in [0.1, 0.15) is 29.8 Å². The van der Waals surface area contributed by atoms with Crippen LogP contribution in [-0.4, -0.2) is 18.3 Å². The Kier molecular flexibility index (Phi) is 3.56. The monoisotopic (exact) mass is 301 g/mol. The molecule has 22 heavy (non-hydrogen) atoms. The standard InChI is InChI=1S/C17H19NO4/c1-17(2,3)22-16(19)18-12-7-4-5-8-14(12)21-11-13(18)15-9-6-10-20-15/h4-10,13H,11H2,1-3H3/t13-/m0/s1. The molecular weight excluding hydrogens is 282 g/mol. The number of carbonyl (C=O) groups excluding carboxylic acids is 1. The largest absolute Gasteiger partial charge is 0.489 e. The van der Waals surface area contributed by atoms with Crippen LogP contribution in [0.15, 0.2) is 47.1 Å². The molecule has 2 heterocycles. The number of fused-ring (bicyclic) bond motifs is 1. The summed E-state index contributed by atoms with van der Waals surface area (Å²) in [6.07, 6.45) is 1.17. The predicted molar refractivity (Wildman–Crippen MR) is 82.1 cm³/mol. The Morgan fingerprint density at radius 2 is 2.00 bits per heavy atom. The molecule has 1 aliphatic heterocycles. The average Bonchev–Trinajstić information content (AvgIpc) is 2.98. The van der Waals surface area contributed by atoms with Crippen LogP contribution in [0.3, 0.4) is 0 Å². The van der Waals surface area contributed by atoms with Gasteiger partial charge < -0.3 is 13.9 Å². The van der Waals surface area contributed by atoms with Gasteiger partial charge in [-0.05, 0) is 45.0 Å². The van der Waals surface area contributed by atoms with Crippen LogP contribution in [0.2, 0.25) is 0 Å². The molecular formula is C17H19NO4. The van der Waals surface area contributed by atoms with Crippen LogP contribution in [0.4, 0.5) is 10.5 Å². The van der Waals surface area contributed by atoms with Crippen molar-refractivity contribution in [3.63, 3.8) is 0 Å². The molecule has 1 aromatic heterocycles. The van der Waals surface area contributed by atoms with E-state index in [-0.39, 0.29) is 6.04 Å². The van der Waals surface area contributed by atoms with Gasteiger partial charge in [-0.15, -0.1) is 0 Å². The summed E-state index contributed by atoms with van der Waals surface area (Å²) in [5.74, 6) is 1.33. The van der Waals surface area contributed by atoms with Crippen LogP contribution < -0.4 is 9.64 Å². The van der Waals surface area contributed by atoms with E-state index >= 15 is 0 Å². The number of hydrogen-bond acceptors (Lipinski definition) is 4. The van der Waals surface area contributed by atoms with Crippen LogP contribution in [0.1, 0.15) is 32.6 Å². The van der Waals surface area contributed by atoms with Gasteiger partial charge in [0.25, 0.3) is 0 Å². The molecule has 3 rings (SSSR count). The number of anilines is 1. The molecule has 1 atom stereocenters. The molecule has 0 bridgehead atoms. The Morgan fingerprint density at radius 3 is 2.68 bits per heavy atom. The predicted octanol–water partition coefficient (Wildman–Crippen LogP) is 4.15. The molecule has 5 nitrogen and oxygen atoms in total. The number of ether oxygens (including phenoxy) is 2. The van der Waals surface area contributed by atoms with E-state index in [0.717, 1.165) is 0 Å². The van der Waals surface area contributed by atoms with Crippen LogP contribution in [0, 0.1) is 0 Å². The molecule has 0 spiro atoms. The molecule has 0 aliphatic carbocycles. The third-order valence-corrected chi connectivity index (χ3v) is 3.29. The van der Waals surface area contributed by atoms with E-state index < -0.39 is 11.7 Å². The van der Waals surface area contributed by atoms with E-state index in [1.165, 1.54) is 0 Å². The lowest BCUT2D eigenvalue weighted by atomic mass is 10.1. The van der Waals surface area contributed by atoms with Crippen LogP contribution >= 0.6 is 0 Å². The van der Waals surface area contributed by atoms with E-state index in [2.05, 4.69) is 0 Å². The van der Waals surface area contributed by atoms with Gasteiger partial charge in [-0.3, -0.25) is 4.90 Å². The summed E-state index contributed by atoms with van der Waals surface area (Å²) in [6.45, 7) is 5.86. The summed E-state index contributed by atoms with van der Waals surface area (Å²) in [5, 5.41) is 0. The summed E-state index contributed by atoms with van der Waals surface area (Å²) >= 11 is 0. The van der Waals surface area contributed by atoms with E-state index in [1.807, 2.05) is 51.1 Å². The topological polar surface area (TPSA) is 51.9 Å². The normalized spacial score (nSPS) is 17.6. The second kappa shape index (κ2) is 5.40. The van der Waals surface area contributed by atoms with Crippen molar-refractivity contribution in [3.05, 3.63) is 48.4 Å². The molecule has 1 aliphatic rings. The van der Waals surface area contributed by atoms with Crippen molar-refractivity contribution in [2.45, 2.75) is 32.4 Å². The lowest BCUT2D eigenvalue weighted by molar-refractivity contribution is 0.0536. The average molecular weight is 301 g/mol. The van der Waals surface area contributed by atoms with Crippen molar-refractivity contribution >= 4 is 11.8 Å². The third-order valence-electron chi connectivity index (χ3n) is 3.29. The first-order valence-electron chi connectivity index (χ1n) is 7.23. The fourth-order valence-corrected chi connectivity index (χ4v) is 2.42. The zero-order valence-electron chi connectivity index (χ0n) is 12.9. The van der Waals surface area contributed by atoms with Crippen molar-refractivity contribution in [3.8, 4) is 5.75 Å². The quantitative estimate of drug-likeness (QED) is 0.794. The molecule has 0 saturated carbocycles. The smallest absolute Gasteiger partial charge is 0.415 e. The Hall–Kier alpha value is -2.43. The molecule has 116 valence electrons. The van der Waals surface area contributed by atoms with Crippen molar-refractivity contribution in [1.82, 2.24) is 0 Å². The maximum atomic E-state index is 12.7. The van der Waals surface area contributed by atoms with E-state index in [0.29, 0.717) is 23.8 Å². The summed E-state index contributed by atoms with van der Waals surface area (Å²) in [4.78, 5) is 14.3. The second-order valence-corrected chi connectivity index (χ2v) is 6.16. The molecule has 0 unspecified atom stereocenters.